The minimum Gasteiger partial charge on any atom is -0.481 e. The zero-order valence-electron chi connectivity index (χ0n) is 38.5. The van der Waals surface area contributed by atoms with E-state index in [2.05, 4.69) is 40.7 Å². The number of fused-ring (bicyclic) bond motifs is 7. The molecule has 0 aromatic rings. The van der Waals surface area contributed by atoms with Gasteiger partial charge in [0.05, 0.1) is 37.4 Å². The van der Waals surface area contributed by atoms with Crippen molar-refractivity contribution in [2.24, 2.45) is 50.2 Å². The molecule has 64 heavy (non-hydrogen) atoms. The molecule has 0 spiro atoms. The van der Waals surface area contributed by atoms with E-state index >= 15 is 0 Å². The molecule has 17 heteroatoms. The van der Waals surface area contributed by atoms with E-state index in [1.54, 1.807) is 0 Å². The molecule has 0 amide bonds. The average molecular weight is 913 g/mol. The Labute approximate surface area is 376 Å². The number of allylic oxidation sites excluding steroid dienone is 2. The summed E-state index contributed by atoms with van der Waals surface area (Å²) in [6, 6.07) is 0. The van der Waals surface area contributed by atoms with E-state index < -0.39 is 122 Å². The molecule has 366 valence electrons. The zero-order chi connectivity index (χ0) is 46.7. The molecule has 8 aliphatic rings. The largest absolute Gasteiger partial charge is 0.481 e. The van der Waals surface area contributed by atoms with Gasteiger partial charge in [0.25, 0.3) is 0 Å². The van der Waals surface area contributed by atoms with Crippen molar-refractivity contribution in [1.29, 1.82) is 0 Å². The number of carboxylic acid groups (broad SMARTS) is 1. The molecule has 0 aromatic heterocycles. The number of hydrogen-bond donors (Lipinski definition) is 10. The molecule has 3 saturated heterocycles. The maximum atomic E-state index is 13.1. The number of aliphatic carboxylic acids is 1. The van der Waals surface area contributed by atoms with E-state index in [-0.39, 0.29) is 46.0 Å². The third-order valence-corrected chi connectivity index (χ3v) is 19.0. The van der Waals surface area contributed by atoms with Crippen molar-refractivity contribution in [3.63, 3.8) is 0 Å². The monoisotopic (exact) mass is 913 g/mol. The molecule has 17 nitrogen and oxygen atoms in total. The molecule has 0 radical (unpaired) electrons. The second-order valence-corrected chi connectivity index (χ2v) is 22.9. The molecule has 5 aliphatic carbocycles. The van der Waals surface area contributed by atoms with E-state index in [0.29, 0.717) is 19.3 Å². The summed E-state index contributed by atoms with van der Waals surface area (Å²) in [6.07, 6.45) is -12.2. The standard InChI is InChI=1S/C47H76O17/c1-22-30(51)33(54)37(64-38-34(55)31(52)25(49)20-59-38)40(61-22)63-36-32(53)26(19-48)62-39(35(36)56)60-21-44(5)27-10-13-46(7)28(43(27,4)12-11-29(44)50)9-8-23-24-18-42(2,3)14-16-47(24,41(57)58)17-15-45(23,46)6/h8,22,24-40,48-56H,9-21H2,1-7H3,(H,57,58). The van der Waals surface area contributed by atoms with Gasteiger partial charge >= 0.3 is 5.97 Å². The van der Waals surface area contributed by atoms with Crippen molar-refractivity contribution >= 4 is 5.97 Å². The lowest BCUT2D eigenvalue weighted by molar-refractivity contribution is -0.382. The van der Waals surface area contributed by atoms with Crippen LogP contribution < -0.4 is 0 Å². The zero-order valence-corrected chi connectivity index (χ0v) is 38.5. The van der Waals surface area contributed by atoms with Gasteiger partial charge in [-0.15, -0.1) is 0 Å². The molecule has 0 aromatic carbocycles. The molecular formula is C47H76O17. The third kappa shape index (κ3) is 7.58. The van der Waals surface area contributed by atoms with Crippen molar-refractivity contribution in [2.45, 2.75) is 205 Å². The first-order chi connectivity index (χ1) is 29.9. The number of ether oxygens (including phenoxy) is 6. The van der Waals surface area contributed by atoms with Crippen LogP contribution in [0.2, 0.25) is 0 Å². The molecule has 3 aliphatic heterocycles. The minimum absolute atomic E-state index is 0.00962. The number of carboxylic acids is 1. The second-order valence-electron chi connectivity index (χ2n) is 22.9. The van der Waals surface area contributed by atoms with E-state index in [1.807, 2.05) is 6.92 Å². The lowest BCUT2D eigenvalue weighted by Crippen LogP contribution is -2.67. The van der Waals surface area contributed by atoms with Crippen molar-refractivity contribution < 1.29 is 84.3 Å². The van der Waals surface area contributed by atoms with Crippen molar-refractivity contribution in [3.8, 4) is 0 Å². The normalized spacial score (nSPS) is 55.0. The summed E-state index contributed by atoms with van der Waals surface area (Å²) in [6.45, 7) is 14.1. The number of hydrogen-bond acceptors (Lipinski definition) is 16. The van der Waals surface area contributed by atoms with Crippen molar-refractivity contribution in [3.05, 3.63) is 11.6 Å². The Morgan fingerprint density at radius 3 is 2.11 bits per heavy atom. The van der Waals surface area contributed by atoms with Gasteiger partial charge in [0, 0.05) is 5.41 Å². The van der Waals surface area contributed by atoms with Crippen LogP contribution in [-0.4, -0.2) is 169 Å². The van der Waals surface area contributed by atoms with Gasteiger partial charge in [-0.2, -0.15) is 0 Å². The molecule has 0 bridgehead atoms. The van der Waals surface area contributed by atoms with E-state index in [1.165, 1.54) is 12.5 Å². The van der Waals surface area contributed by atoms with Crippen LogP contribution in [0.4, 0.5) is 0 Å². The molecule has 4 saturated carbocycles. The van der Waals surface area contributed by atoms with Gasteiger partial charge in [-0.3, -0.25) is 4.79 Å². The number of aliphatic hydroxyl groups is 9. The van der Waals surface area contributed by atoms with Gasteiger partial charge in [0.15, 0.2) is 18.9 Å². The second kappa shape index (κ2) is 17.2. The highest BCUT2D eigenvalue weighted by molar-refractivity contribution is 5.76. The van der Waals surface area contributed by atoms with Crippen LogP contribution in [0.15, 0.2) is 11.6 Å². The first kappa shape index (κ1) is 49.0. The fourth-order valence-corrected chi connectivity index (χ4v) is 14.7. The molecule has 7 fully saturated rings. The van der Waals surface area contributed by atoms with Gasteiger partial charge in [0.1, 0.15) is 61.0 Å². The first-order valence-corrected chi connectivity index (χ1v) is 23.7. The van der Waals surface area contributed by atoms with Gasteiger partial charge in [-0.25, -0.2) is 0 Å². The van der Waals surface area contributed by atoms with Crippen LogP contribution in [0, 0.1) is 50.2 Å². The number of carbonyl (C=O) groups is 1. The summed E-state index contributed by atoms with van der Waals surface area (Å²) >= 11 is 0. The molecule has 23 unspecified atom stereocenters. The summed E-state index contributed by atoms with van der Waals surface area (Å²) in [5.74, 6) is -0.442. The van der Waals surface area contributed by atoms with Crippen molar-refractivity contribution in [1.82, 2.24) is 0 Å². The fraction of sp³-hybridized carbons (Fsp3) is 0.936. The SMILES string of the molecule is CC1OC(OC2C(O)C(CO)OC(OCC3(C)C(O)CCC4(C)C3CCC3(C)C4CC=C4C5CC(C)(C)CCC5(C(=O)O)CCC43C)C2O)C(OC2OCC(O)C(O)C2O)C(O)C1O. The summed E-state index contributed by atoms with van der Waals surface area (Å²) < 4.78 is 35.6. The average Bonchev–Trinajstić information content (AvgIpc) is 3.24. The third-order valence-electron chi connectivity index (χ3n) is 19.0. The summed E-state index contributed by atoms with van der Waals surface area (Å²) in [5.41, 5.74) is -0.703. The lowest BCUT2D eigenvalue weighted by Gasteiger charge is -2.71. The van der Waals surface area contributed by atoms with Crippen LogP contribution >= 0.6 is 0 Å². The van der Waals surface area contributed by atoms with Crippen LogP contribution in [0.1, 0.15) is 113 Å². The van der Waals surface area contributed by atoms with Gasteiger partial charge in [0.2, 0.25) is 0 Å². The predicted octanol–water partition coefficient (Wildman–Crippen LogP) is 1.35. The molecule has 23 atom stereocenters. The highest BCUT2D eigenvalue weighted by atomic mass is 16.8. The summed E-state index contributed by atoms with van der Waals surface area (Å²) in [7, 11) is 0. The van der Waals surface area contributed by atoms with Crippen molar-refractivity contribution in [2.75, 3.05) is 19.8 Å². The van der Waals surface area contributed by atoms with E-state index in [9.17, 15) is 55.9 Å². The van der Waals surface area contributed by atoms with Crippen LogP contribution in [-0.2, 0) is 33.2 Å². The Bertz CT molecular complexity index is 1750. The number of rotatable bonds is 9. The molecule has 10 N–H and O–H groups in total. The Balaban J connectivity index is 1.02. The van der Waals surface area contributed by atoms with Gasteiger partial charge in [-0.05, 0) is 111 Å². The molecule has 3 heterocycles. The molecule has 8 rings (SSSR count). The highest BCUT2D eigenvalue weighted by Crippen LogP contribution is 2.76. The summed E-state index contributed by atoms with van der Waals surface area (Å²) in [5, 5.41) is 109. The lowest BCUT2D eigenvalue weighted by atomic mass is 9.33. The molecular weight excluding hydrogens is 837 g/mol. The predicted molar refractivity (Wildman–Crippen MR) is 225 cm³/mol. The summed E-state index contributed by atoms with van der Waals surface area (Å²) in [4.78, 5) is 13.1. The van der Waals surface area contributed by atoms with Crippen LogP contribution in [0.5, 0.6) is 0 Å². The Morgan fingerprint density at radius 2 is 1.42 bits per heavy atom. The quantitative estimate of drug-likeness (QED) is 0.146. The van der Waals surface area contributed by atoms with E-state index in [0.717, 1.165) is 44.9 Å². The smallest absolute Gasteiger partial charge is 0.310 e. The van der Waals surface area contributed by atoms with Crippen LogP contribution in [0.25, 0.3) is 0 Å². The van der Waals surface area contributed by atoms with Gasteiger partial charge < -0.3 is 79.5 Å². The van der Waals surface area contributed by atoms with E-state index in [4.69, 9.17) is 28.4 Å². The fourth-order valence-electron chi connectivity index (χ4n) is 14.7. The van der Waals surface area contributed by atoms with Crippen LogP contribution in [0.3, 0.4) is 0 Å². The Kier molecular flexibility index (Phi) is 13.2. The first-order valence-electron chi connectivity index (χ1n) is 23.7. The Morgan fingerprint density at radius 1 is 0.734 bits per heavy atom. The minimum atomic E-state index is -1.76. The topological polar surface area (TPSA) is 275 Å². The number of aliphatic hydroxyl groups excluding tert-OH is 9. The maximum absolute atomic E-state index is 13.1. The highest BCUT2D eigenvalue weighted by Gasteiger charge is 2.70. The Hall–Kier alpha value is -1.39. The van der Waals surface area contributed by atoms with Gasteiger partial charge in [-0.1, -0.05) is 53.2 Å². The maximum Gasteiger partial charge on any atom is 0.310 e.